The van der Waals surface area contributed by atoms with E-state index in [0.717, 1.165) is 10.6 Å². The van der Waals surface area contributed by atoms with Crippen molar-refractivity contribution in [2.75, 3.05) is 10.6 Å². The van der Waals surface area contributed by atoms with Crippen LogP contribution in [0.4, 0.5) is 10.1 Å². The Kier molecular flexibility index (Phi) is 6.72. The zero-order valence-corrected chi connectivity index (χ0v) is 17.2. The van der Waals surface area contributed by atoms with E-state index in [1.165, 1.54) is 37.3 Å². The summed E-state index contributed by atoms with van der Waals surface area (Å²) in [7, 11) is -3.83. The van der Waals surface area contributed by atoms with Gasteiger partial charge in [-0.15, -0.1) is 0 Å². The molecule has 0 fully saturated rings. The number of nitrogens with zero attached hydrogens (tertiary/aromatic N) is 1. The molecule has 2 atom stereocenters. The van der Waals surface area contributed by atoms with Crippen molar-refractivity contribution in [3.8, 4) is 0 Å². The number of amides is 1. The lowest BCUT2D eigenvalue weighted by Gasteiger charge is -2.30. The Morgan fingerprint density at radius 1 is 1.11 bits per heavy atom. The van der Waals surface area contributed by atoms with Gasteiger partial charge in [-0.3, -0.25) is 9.10 Å². The average Bonchev–Trinajstić information content (AvgIpc) is 2.57. The Morgan fingerprint density at radius 2 is 1.70 bits per heavy atom. The number of benzene rings is 2. The molecule has 0 bridgehead atoms. The first-order valence-corrected chi connectivity index (χ1v) is 10.6. The van der Waals surface area contributed by atoms with E-state index in [4.69, 9.17) is 23.2 Å². The van der Waals surface area contributed by atoms with E-state index in [1.807, 2.05) is 0 Å². The minimum Gasteiger partial charge on any atom is -0.348 e. The molecular weight excluding hydrogens is 414 g/mol. The van der Waals surface area contributed by atoms with Gasteiger partial charge < -0.3 is 5.32 Å². The molecule has 146 valence electrons. The smallest absolute Gasteiger partial charge is 0.244 e. The topological polar surface area (TPSA) is 66.5 Å². The standard InChI is InChI=1S/C18H19Cl2FN2O3S/c1-11(13-4-7-15(21)8-5-13)22-18(24)12(2)23(27(3,25)26)17-10-14(19)6-9-16(17)20/h4-12H,1-3H3,(H,22,24)/t11-,12-/m0/s1. The highest BCUT2D eigenvalue weighted by Crippen LogP contribution is 2.32. The van der Waals surface area contributed by atoms with Crippen LogP contribution in [0.5, 0.6) is 0 Å². The molecule has 2 aromatic carbocycles. The molecule has 9 heteroatoms. The Morgan fingerprint density at radius 3 is 2.26 bits per heavy atom. The van der Waals surface area contributed by atoms with Crippen molar-refractivity contribution in [1.29, 1.82) is 0 Å². The number of nitrogens with one attached hydrogen (secondary N) is 1. The highest BCUT2D eigenvalue weighted by molar-refractivity contribution is 7.92. The Balaban J connectivity index is 2.30. The van der Waals surface area contributed by atoms with Gasteiger partial charge >= 0.3 is 0 Å². The molecule has 0 aromatic heterocycles. The molecule has 0 radical (unpaired) electrons. The maximum atomic E-state index is 13.1. The number of carbonyl (C=O) groups is 1. The van der Waals surface area contributed by atoms with Crippen molar-refractivity contribution in [2.24, 2.45) is 0 Å². The van der Waals surface area contributed by atoms with Gasteiger partial charge in [0.05, 0.1) is 23.0 Å². The second-order valence-electron chi connectivity index (χ2n) is 6.11. The number of halogens is 3. The first-order valence-electron chi connectivity index (χ1n) is 8.01. The van der Waals surface area contributed by atoms with Crippen molar-refractivity contribution in [1.82, 2.24) is 5.32 Å². The van der Waals surface area contributed by atoms with Gasteiger partial charge in [-0.05, 0) is 49.7 Å². The first-order chi connectivity index (χ1) is 12.5. The SMILES string of the molecule is C[C@H](NC(=O)[C@H](C)N(c1cc(Cl)ccc1Cl)S(C)(=O)=O)c1ccc(F)cc1. The number of hydrogen-bond donors (Lipinski definition) is 1. The molecule has 0 aliphatic rings. The Bertz CT molecular complexity index is 936. The minimum atomic E-state index is -3.83. The quantitative estimate of drug-likeness (QED) is 0.744. The van der Waals surface area contributed by atoms with Crippen molar-refractivity contribution in [2.45, 2.75) is 25.9 Å². The fraction of sp³-hybridized carbons (Fsp3) is 0.278. The molecule has 0 saturated heterocycles. The van der Waals surface area contributed by atoms with E-state index in [9.17, 15) is 17.6 Å². The summed E-state index contributed by atoms with van der Waals surface area (Å²) in [6, 6.07) is 8.51. The second kappa shape index (κ2) is 8.46. The summed E-state index contributed by atoms with van der Waals surface area (Å²) >= 11 is 12.1. The van der Waals surface area contributed by atoms with Crippen LogP contribution in [0.3, 0.4) is 0 Å². The maximum Gasteiger partial charge on any atom is 0.244 e. The number of rotatable bonds is 6. The van der Waals surface area contributed by atoms with E-state index in [-0.39, 0.29) is 21.5 Å². The third kappa shape index (κ3) is 5.34. The zero-order chi connectivity index (χ0) is 20.4. The summed E-state index contributed by atoms with van der Waals surface area (Å²) in [5.41, 5.74) is 0.799. The van der Waals surface area contributed by atoms with Gasteiger partial charge in [-0.1, -0.05) is 35.3 Å². The van der Waals surface area contributed by atoms with Crippen molar-refractivity contribution in [3.05, 3.63) is 63.9 Å². The van der Waals surface area contributed by atoms with Gasteiger partial charge in [-0.2, -0.15) is 0 Å². The van der Waals surface area contributed by atoms with Crippen LogP contribution in [0.15, 0.2) is 42.5 Å². The lowest BCUT2D eigenvalue weighted by Crippen LogP contribution is -2.48. The molecule has 0 aliphatic heterocycles. The number of hydrogen-bond acceptors (Lipinski definition) is 3. The monoisotopic (exact) mass is 432 g/mol. The van der Waals surface area contributed by atoms with Gasteiger partial charge in [0, 0.05) is 5.02 Å². The predicted octanol–water partition coefficient (Wildman–Crippen LogP) is 4.16. The minimum absolute atomic E-state index is 0.115. The van der Waals surface area contributed by atoms with Gasteiger partial charge in [-0.25, -0.2) is 12.8 Å². The molecule has 0 spiro atoms. The molecule has 2 rings (SSSR count). The third-order valence-corrected chi connectivity index (χ3v) is 5.75. The fourth-order valence-corrected chi connectivity index (χ4v) is 4.21. The van der Waals surface area contributed by atoms with Crippen LogP contribution in [-0.2, 0) is 14.8 Å². The largest absolute Gasteiger partial charge is 0.348 e. The third-order valence-electron chi connectivity index (χ3n) is 3.96. The van der Waals surface area contributed by atoms with E-state index in [0.29, 0.717) is 5.56 Å². The molecule has 27 heavy (non-hydrogen) atoms. The summed E-state index contributed by atoms with van der Waals surface area (Å²) < 4.78 is 38.7. The van der Waals surface area contributed by atoms with Crippen LogP contribution in [0.2, 0.25) is 10.0 Å². The van der Waals surface area contributed by atoms with Gasteiger partial charge in [0.15, 0.2) is 0 Å². The van der Waals surface area contributed by atoms with Crippen LogP contribution < -0.4 is 9.62 Å². The molecule has 2 aromatic rings. The number of carbonyl (C=O) groups excluding carboxylic acids is 1. The lowest BCUT2D eigenvalue weighted by atomic mass is 10.1. The maximum absolute atomic E-state index is 13.1. The van der Waals surface area contributed by atoms with Gasteiger partial charge in [0.1, 0.15) is 11.9 Å². The summed E-state index contributed by atoms with van der Waals surface area (Å²) in [5.74, 6) is -0.919. The average molecular weight is 433 g/mol. The molecular formula is C18H19Cl2FN2O3S. The highest BCUT2D eigenvalue weighted by Gasteiger charge is 2.31. The molecule has 1 N–H and O–H groups in total. The molecule has 0 aliphatic carbocycles. The summed E-state index contributed by atoms with van der Waals surface area (Å²) in [4.78, 5) is 12.7. The Hall–Kier alpha value is -1.83. The fourth-order valence-electron chi connectivity index (χ4n) is 2.60. The summed E-state index contributed by atoms with van der Waals surface area (Å²) in [5, 5.41) is 3.16. The number of sulfonamides is 1. The van der Waals surface area contributed by atoms with Crippen molar-refractivity contribution >= 4 is 44.8 Å². The van der Waals surface area contributed by atoms with E-state index >= 15 is 0 Å². The summed E-state index contributed by atoms with van der Waals surface area (Å²) in [6.45, 7) is 3.17. The van der Waals surface area contributed by atoms with Gasteiger partial charge in [0.2, 0.25) is 15.9 Å². The molecule has 1 amide bonds. The Labute approximate surface area is 168 Å². The molecule has 0 unspecified atom stereocenters. The highest BCUT2D eigenvalue weighted by atomic mass is 35.5. The number of anilines is 1. The molecule has 5 nitrogen and oxygen atoms in total. The van der Waals surface area contributed by atoms with E-state index in [1.54, 1.807) is 19.1 Å². The van der Waals surface area contributed by atoms with Crippen LogP contribution in [0, 0.1) is 5.82 Å². The zero-order valence-electron chi connectivity index (χ0n) is 14.9. The molecule has 0 heterocycles. The predicted molar refractivity (Wildman–Crippen MR) is 106 cm³/mol. The van der Waals surface area contributed by atoms with Crippen LogP contribution in [0.1, 0.15) is 25.5 Å². The van der Waals surface area contributed by atoms with Crippen LogP contribution in [-0.4, -0.2) is 26.6 Å². The lowest BCUT2D eigenvalue weighted by molar-refractivity contribution is -0.122. The first kappa shape index (κ1) is 21.5. The van der Waals surface area contributed by atoms with Crippen molar-refractivity contribution < 1.29 is 17.6 Å². The van der Waals surface area contributed by atoms with Gasteiger partial charge in [0.25, 0.3) is 0 Å². The second-order valence-corrected chi connectivity index (χ2v) is 8.82. The van der Waals surface area contributed by atoms with Crippen LogP contribution >= 0.6 is 23.2 Å². The summed E-state index contributed by atoms with van der Waals surface area (Å²) in [6.07, 6.45) is 0.984. The van der Waals surface area contributed by atoms with E-state index < -0.39 is 28.0 Å². The normalized spacial score (nSPS) is 13.7. The van der Waals surface area contributed by atoms with E-state index in [2.05, 4.69) is 5.32 Å². The van der Waals surface area contributed by atoms with Crippen LogP contribution in [0.25, 0.3) is 0 Å². The van der Waals surface area contributed by atoms with Crippen molar-refractivity contribution in [3.63, 3.8) is 0 Å². The molecule has 0 saturated carbocycles.